The Labute approximate surface area is 100 Å². The van der Waals surface area contributed by atoms with Crippen LogP contribution in [-0.2, 0) is 4.79 Å². The van der Waals surface area contributed by atoms with Gasteiger partial charge < -0.3 is 5.32 Å². The Morgan fingerprint density at radius 2 is 2.00 bits per heavy atom. The van der Waals surface area contributed by atoms with Crippen molar-refractivity contribution < 1.29 is 4.79 Å². The Morgan fingerprint density at radius 3 is 2.53 bits per heavy atom. The van der Waals surface area contributed by atoms with Crippen LogP contribution in [0.5, 0.6) is 0 Å². The molecule has 2 rings (SSSR count). The number of rotatable bonds is 4. The number of carbonyl (C=O) groups is 1. The van der Waals surface area contributed by atoms with E-state index in [1.807, 2.05) is 0 Å². The van der Waals surface area contributed by atoms with Gasteiger partial charge >= 0.3 is 0 Å². The summed E-state index contributed by atoms with van der Waals surface area (Å²) < 4.78 is 0. The van der Waals surface area contributed by atoms with E-state index in [0.717, 1.165) is 23.6 Å². The minimum absolute atomic E-state index is 0.0581. The van der Waals surface area contributed by atoms with Gasteiger partial charge in [0.15, 0.2) is 0 Å². The molecule has 15 heavy (non-hydrogen) atoms. The van der Waals surface area contributed by atoms with Gasteiger partial charge in [-0.25, -0.2) is 0 Å². The van der Waals surface area contributed by atoms with Gasteiger partial charge in [-0.2, -0.15) is 0 Å². The topological polar surface area (TPSA) is 29.1 Å². The summed E-state index contributed by atoms with van der Waals surface area (Å²) in [6.45, 7) is 4.20. The largest absolute Gasteiger partial charge is 0.351 e. The zero-order chi connectivity index (χ0) is 11.1. The van der Waals surface area contributed by atoms with Crippen molar-refractivity contribution in [3.63, 3.8) is 0 Å². The molecule has 1 N–H and O–H groups in total. The van der Waals surface area contributed by atoms with E-state index in [4.69, 9.17) is 0 Å². The van der Waals surface area contributed by atoms with Crippen molar-refractivity contribution in [1.29, 1.82) is 0 Å². The zero-order valence-electron chi connectivity index (χ0n) is 9.55. The van der Waals surface area contributed by atoms with Gasteiger partial charge in [0.2, 0.25) is 5.91 Å². The summed E-state index contributed by atoms with van der Waals surface area (Å²) in [6, 6.07) is 0. The zero-order valence-corrected chi connectivity index (χ0v) is 11.1. The van der Waals surface area contributed by atoms with Gasteiger partial charge in [-0.15, -0.1) is 0 Å². The summed E-state index contributed by atoms with van der Waals surface area (Å²) in [5, 5.41) is 4.12. The fourth-order valence-electron chi connectivity index (χ4n) is 2.93. The van der Waals surface area contributed by atoms with Crippen molar-refractivity contribution >= 4 is 21.8 Å². The summed E-state index contributed by atoms with van der Waals surface area (Å²) >= 11 is 3.43. The van der Waals surface area contributed by atoms with Crippen LogP contribution in [0.3, 0.4) is 0 Å². The van der Waals surface area contributed by atoms with Crippen LogP contribution in [0, 0.1) is 17.8 Å². The third-order valence-electron chi connectivity index (χ3n) is 3.89. The van der Waals surface area contributed by atoms with Gasteiger partial charge in [-0.1, -0.05) is 22.4 Å². The van der Waals surface area contributed by atoms with Crippen molar-refractivity contribution in [1.82, 2.24) is 5.32 Å². The molecule has 2 aliphatic rings. The smallest absolute Gasteiger partial charge is 0.224 e. The highest BCUT2D eigenvalue weighted by molar-refractivity contribution is 9.09. The predicted molar refractivity (Wildman–Crippen MR) is 65.0 cm³/mol. The first-order chi connectivity index (χ1) is 7.05. The van der Waals surface area contributed by atoms with Gasteiger partial charge in [0, 0.05) is 16.8 Å². The second kappa shape index (κ2) is 4.08. The molecule has 2 unspecified atom stereocenters. The molecule has 0 aromatic rings. The first-order valence-electron chi connectivity index (χ1n) is 5.93. The molecule has 0 radical (unpaired) electrons. The molecule has 0 heterocycles. The Hall–Kier alpha value is -0.0500. The lowest BCUT2D eigenvalue weighted by atomic mass is 10.0. The summed E-state index contributed by atoms with van der Waals surface area (Å²) in [5.41, 5.74) is -0.0581. The third-order valence-corrected chi connectivity index (χ3v) is 4.29. The number of carbonyl (C=O) groups excluding carboxylic acids is 1. The van der Waals surface area contributed by atoms with Crippen LogP contribution in [0.25, 0.3) is 0 Å². The van der Waals surface area contributed by atoms with E-state index in [-0.39, 0.29) is 5.54 Å². The van der Waals surface area contributed by atoms with Crippen molar-refractivity contribution in [2.24, 2.45) is 17.8 Å². The van der Waals surface area contributed by atoms with Crippen LogP contribution in [-0.4, -0.2) is 16.8 Å². The van der Waals surface area contributed by atoms with E-state index in [2.05, 4.69) is 35.1 Å². The second-order valence-corrected chi connectivity index (χ2v) is 6.39. The second-order valence-electron chi connectivity index (χ2n) is 5.60. The standard InChI is InChI=1S/C12H20BrNO/c1-12(2,6-7-13)14-11(15)10-8-4-3-5-9(8)10/h8-10H,3-7H2,1-2H3,(H,14,15). The molecule has 2 saturated carbocycles. The fraction of sp³-hybridized carbons (Fsp3) is 0.917. The number of nitrogens with one attached hydrogen (secondary N) is 1. The number of hydrogen-bond acceptors (Lipinski definition) is 1. The van der Waals surface area contributed by atoms with Crippen molar-refractivity contribution in [3.05, 3.63) is 0 Å². The Morgan fingerprint density at radius 1 is 1.40 bits per heavy atom. The highest BCUT2D eigenvalue weighted by atomic mass is 79.9. The summed E-state index contributed by atoms with van der Waals surface area (Å²) in [7, 11) is 0. The Kier molecular flexibility index (Phi) is 3.11. The summed E-state index contributed by atoms with van der Waals surface area (Å²) in [6.07, 6.45) is 4.88. The molecule has 2 fully saturated rings. The van der Waals surface area contributed by atoms with E-state index in [0.29, 0.717) is 11.8 Å². The van der Waals surface area contributed by atoms with Gasteiger partial charge in [-0.05, 0) is 44.9 Å². The van der Waals surface area contributed by atoms with Crippen LogP contribution < -0.4 is 5.32 Å². The minimum atomic E-state index is -0.0581. The van der Waals surface area contributed by atoms with E-state index >= 15 is 0 Å². The highest BCUT2D eigenvalue weighted by Crippen LogP contribution is 2.57. The molecule has 3 heteroatoms. The molecule has 86 valence electrons. The lowest BCUT2D eigenvalue weighted by molar-refractivity contribution is -0.124. The van der Waals surface area contributed by atoms with Gasteiger partial charge in [0.1, 0.15) is 0 Å². The van der Waals surface area contributed by atoms with Crippen LogP contribution in [0.4, 0.5) is 0 Å². The molecule has 0 aromatic heterocycles. The van der Waals surface area contributed by atoms with E-state index in [1.165, 1.54) is 19.3 Å². The predicted octanol–water partition coefficient (Wildman–Crippen LogP) is 2.71. The van der Waals surface area contributed by atoms with Crippen LogP contribution in [0.15, 0.2) is 0 Å². The minimum Gasteiger partial charge on any atom is -0.351 e. The van der Waals surface area contributed by atoms with Crippen molar-refractivity contribution in [2.45, 2.75) is 45.1 Å². The van der Waals surface area contributed by atoms with E-state index in [1.54, 1.807) is 0 Å². The molecule has 0 spiro atoms. The Bertz CT molecular complexity index is 254. The molecule has 2 aliphatic carbocycles. The maximum Gasteiger partial charge on any atom is 0.224 e. The molecule has 2 nitrogen and oxygen atoms in total. The summed E-state index contributed by atoms with van der Waals surface area (Å²) in [4.78, 5) is 12.0. The van der Waals surface area contributed by atoms with Gasteiger partial charge in [-0.3, -0.25) is 4.79 Å². The molecule has 0 aliphatic heterocycles. The molecular formula is C12H20BrNO. The molecule has 0 aromatic carbocycles. The number of fused-ring (bicyclic) bond motifs is 1. The number of hydrogen-bond donors (Lipinski definition) is 1. The SMILES string of the molecule is CC(C)(CCBr)NC(=O)C1C2CCCC21. The van der Waals surface area contributed by atoms with E-state index in [9.17, 15) is 4.79 Å². The summed E-state index contributed by atoms with van der Waals surface area (Å²) in [5.74, 6) is 2.11. The monoisotopic (exact) mass is 273 g/mol. The quantitative estimate of drug-likeness (QED) is 0.785. The fourth-order valence-corrected chi connectivity index (χ4v) is 3.92. The average Bonchev–Trinajstić information content (AvgIpc) is 2.60. The first kappa shape index (κ1) is 11.4. The van der Waals surface area contributed by atoms with Crippen LogP contribution in [0.2, 0.25) is 0 Å². The highest BCUT2D eigenvalue weighted by Gasteiger charge is 2.56. The maximum atomic E-state index is 12.0. The normalized spacial score (nSPS) is 33.7. The van der Waals surface area contributed by atoms with Crippen LogP contribution >= 0.6 is 15.9 Å². The lowest BCUT2D eigenvalue weighted by Crippen LogP contribution is -2.45. The van der Waals surface area contributed by atoms with Gasteiger partial charge in [0.05, 0.1) is 0 Å². The number of amides is 1. The lowest BCUT2D eigenvalue weighted by Gasteiger charge is -2.25. The van der Waals surface area contributed by atoms with Crippen molar-refractivity contribution in [2.75, 3.05) is 5.33 Å². The number of alkyl halides is 1. The molecule has 2 atom stereocenters. The Balaban J connectivity index is 1.83. The number of halogens is 1. The third kappa shape index (κ3) is 2.38. The average molecular weight is 274 g/mol. The molecule has 0 saturated heterocycles. The molecule has 0 bridgehead atoms. The molecular weight excluding hydrogens is 254 g/mol. The van der Waals surface area contributed by atoms with Gasteiger partial charge in [0.25, 0.3) is 0 Å². The van der Waals surface area contributed by atoms with E-state index < -0.39 is 0 Å². The maximum absolute atomic E-state index is 12.0. The van der Waals surface area contributed by atoms with Crippen LogP contribution in [0.1, 0.15) is 39.5 Å². The first-order valence-corrected chi connectivity index (χ1v) is 7.05. The molecule has 1 amide bonds. The van der Waals surface area contributed by atoms with Crippen molar-refractivity contribution in [3.8, 4) is 0 Å².